The molecule has 8 heteroatoms. The second-order valence-corrected chi connectivity index (χ2v) is 7.81. The number of nitrogens with zero attached hydrogens (tertiary/aromatic N) is 2. The van der Waals surface area contributed by atoms with Gasteiger partial charge in [-0.1, -0.05) is 18.2 Å². The molecule has 2 aromatic heterocycles. The van der Waals surface area contributed by atoms with Gasteiger partial charge >= 0.3 is 0 Å². The topological polar surface area (TPSA) is 73.3 Å². The smallest absolute Gasteiger partial charge is 0.251 e. The number of carbonyl (C=O) groups excluding carboxylic acids is 1. The van der Waals surface area contributed by atoms with Crippen molar-refractivity contribution in [1.82, 2.24) is 15.3 Å². The number of ether oxygens (including phenoxy) is 2. The summed E-state index contributed by atoms with van der Waals surface area (Å²) < 4.78 is 25.0. The summed E-state index contributed by atoms with van der Waals surface area (Å²) in [5, 5.41) is 5.57. The summed E-state index contributed by atoms with van der Waals surface area (Å²) in [7, 11) is 0. The number of rotatable bonds is 9. The maximum Gasteiger partial charge on any atom is 0.251 e. The molecule has 0 saturated carbocycles. The minimum absolute atomic E-state index is 0.123. The van der Waals surface area contributed by atoms with Crippen LogP contribution in [-0.2, 0) is 0 Å². The molecule has 1 N–H and O–H groups in total. The summed E-state index contributed by atoms with van der Waals surface area (Å²) in [5.41, 5.74) is 2.36. The molecule has 0 aliphatic carbocycles. The Kier molecular flexibility index (Phi) is 6.91. The van der Waals surface area contributed by atoms with E-state index in [0.717, 1.165) is 21.3 Å². The van der Waals surface area contributed by atoms with Gasteiger partial charge in [-0.15, -0.1) is 11.3 Å². The Bertz CT molecular complexity index is 1210. The molecule has 32 heavy (non-hydrogen) atoms. The van der Waals surface area contributed by atoms with Crippen molar-refractivity contribution in [2.75, 3.05) is 19.8 Å². The lowest BCUT2D eigenvalue weighted by Gasteiger charge is -2.10. The van der Waals surface area contributed by atoms with Gasteiger partial charge in [0.15, 0.2) is 0 Å². The summed E-state index contributed by atoms with van der Waals surface area (Å²) in [6.45, 7) is 3.29. The van der Waals surface area contributed by atoms with Crippen molar-refractivity contribution < 1.29 is 18.7 Å². The van der Waals surface area contributed by atoms with Gasteiger partial charge in [-0.2, -0.15) is 0 Å². The molecular weight excluding hydrogens is 429 g/mol. The minimum Gasteiger partial charge on any atom is -0.493 e. The van der Waals surface area contributed by atoms with Gasteiger partial charge in [-0.3, -0.25) is 4.79 Å². The Labute approximate surface area is 189 Å². The first-order valence-corrected chi connectivity index (χ1v) is 11.2. The van der Waals surface area contributed by atoms with E-state index in [-0.39, 0.29) is 11.7 Å². The van der Waals surface area contributed by atoms with Crippen molar-refractivity contribution in [3.05, 3.63) is 71.6 Å². The van der Waals surface area contributed by atoms with Gasteiger partial charge in [-0.25, -0.2) is 14.4 Å². The van der Waals surface area contributed by atoms with Crippen LogP contribution in [0.15, 0.2) is 60.2 Å². The first-order chi connectivity index (χ1) is 15.7. The number of benzene rings is 2. The fourth-order valence-corrected chi connectivity index (χ4v) is 4.11. The highest BCUT2D eigenvalue weighted by Crippen LogP contribution is 2.37. The lowest BCUT2D eigenvalue weighted by atomic mass is 10.1. The summed E-state index contributed by atoms with van der Waals surface area (Å²) in [4.78, 5) is 21.4. The van der Waals surface area contributed by atoms with Crippen molar-refractivity contribution in [2.24, 2.45) is 0 Å². The number of amides is 1. The number of thiophene rings is 1. The maximum absolute atomic E-state index is 13.3. The maximum atomic E-state index is 13.3. The predicted octanol–water partition coefficient (Wildman–Crippen LogP) is 5.10. The molecule has 2 heterocycles. The van der Waals surface area contributed by atoms with Gasteiger partial charge in [0.25, 0.3) is 5.91 Å². The zero-order valence-corrected chi connectivity index (χ0v) is 18.3. The minimum atomic E-state index is -0.280. The highest BCUT2D eigenvalue weighted by Gasteiger charge is 2.14. The molecule has 0 atom stereocenters. The van der Waals surface area contributed by atoms with Gasteiger partial charge < -0.3 is 14.8 Å². The van der Waals surface area contributed by atoms with Crippen LogP contribution in [0.25, 0.3) is 21.3 Å². The van der Waals surface area contributed by atoms with Crippen LogP contribution in [0.5, 0.6) is 11.6 Å². The van der Waals surface area contributed by atoms with E-state index in [2.05, 4.69) is 15.3 Å². The average molecular weight is 452 g/mol. The van der Waals surface area contributed by atoms with Crippen LogP contribution >= 0.6 is 11.3 Å². The van der Waals surface area contributed by atoms with E-state index in [1.165, 1.54) is 29.8 Å². The molecule has 0 radical (unpaired) electrons. The fraction of sp³-hybridized carbons (Fsp3) is 0.208. The number of nitrogens with one attached hydrogen (secondary N) is 1. The fourth-order valence-electron chi connectivity index (χ4n) is 3.21. The Morgan fingerprint density at radius 1 is 1.09 bits per heavy atom. The number of hydrogen-bond donors (Lipinski definition) is 1. The predicted molar refractivity (Wildman–Crippen MR) is 123 cm³/mol. The van der Waals surface area contributed by atoms with Crippen LogP contribution in [0.2, 0.25) is 0 Å². The van der Waals surface area contributed by atoms with Crippen LogP contribution < -0.4 is 14.8 Å². The summed E-state index contributed by atoms with van der Waals surface area (Å²) >= 11 is 1.49. The van der Waals surface area contributed by atoms with Gasteiger partial charge in [0.2, 0.25) is 5.88 Å². The monoisotopic (exact) mass is 451 g/mol. The van der Waals surface area contributed by atoms with E-state index >= 15 is 0 Å². The normalized spacial score (nSPS) is 10.8. The molecular formula is C24H22FN3O3S. The summed E-state index contributed by atoms with van der Waals surface area (Å²) in [6.07, 6.45) is 2.11. The van der Waals surface area contributed by atoms with Crippen molar-refractivity contribution in [3.8, 4) is 22.8 Å². The molecule has 0 aliphatic heterocycles. The van der Waals surface area contributed by atoms with Gasteiger partial charge in [0.1, 0.15) is 22.7 Å². The van der Waals surface area contributed by atoms with E-state index < -0.39 is 0 Å². The van der Waals surface area contributed by atoms with E-state index in [0.29, 0.717) is 43.4 Å². The molecule has 0 spiro atoms. The van der Waals surface area contributed by atoms with E-state index in [4.69, 9.17) is 9.47 Å². The van der Waals surface area contributed by atoms with E-state index in [9.17, 15) is 9.18 Å². The number of carbonyl (C=O) groups is 1. The lowest BCUT2D eigenvalue weighted by Crippen LogP contribution is -2.22. The van der Waals surface area contributed by atoms with Gasteiger partial charge in [0.05, 0.1) is 18.6 Å². The van der Waals surface area contributed by atoms with Crippen LogP contribution in [-0.4, -0.2) is 35.6 Å². The molecule has 0 bridgehead atoms. The SMILES string of the molecule is CCNC(=O)c1cccc(OCCCOc2ncnc3scc(-c4ccc(F)cc4)c23)c1. The van der Waals surface area contributed by atoms with Crippen LogP contribution in [0.3, 0.4) is 0 Å². The van der Waals surface area contributed by atoms with Crippen LogP contribution in [0.4, 0.5) is 4.39 Å². The second kappa shape index (κ2) is 10.2. The standard InChI is InChI=1S/C24H22FN3O3S/c1-2-26-22(29)17-5-3-6-19(13-17)30-11-4-12-31-23-21-20(14-32-24(21)28-15-27-23)16-7-9-18(25)10-8-16/h3,5-10,13-15H,2,4,11-12H2,1H3,(H,26,29). The summed E-state index contributed by atoms with van der Waals surface area (Å²) in [6, 6.07) is 13.4. The number of hydrogen-bond acceptors (Lipinski definition) is 6. The third-order valence-electron chi connectivity index (χ3n) is 4.72. The number of aromatic nitrogens is 2. The molecule has 2 aromatic carbocycles. The van der Waals surface area contributed by atoms with E-state index in [1.807, 2.05) is 18.4 Å². The van der Waals surface area contributed by atoms with Crippen molar-refractivity contribution in [3.63, 3.8) is 0 Å². The van der Waals surface area contributed by atoms with E-state index in [1.54, 1.807) is 30.3 Å². The molecule has 6 nitrogen and oxygen atoms in total. The first-order valence-electron chi connectivity index (χ1n) is 10.3. The van der Waals surface area contributed by atoms with Crippen LogP contribution in [0.1, 0.15) is 23.7 Å². The largest absolute Gasteiger partial charge is 0.493 e. The second-order valence-electron chi connectivity index (χ2n) is 6.95. The Balaban J connectivity index is 1.37. The molecule has 1 amide bonds. The van der Waals surface area contributed by atoms with Gasteiger partial charge in [0, 0.05) is 29.5 Å². The van der Waals surface area contributed by atoms with Crippen molar-refractivity contribution in [1.29, 1.82) is 0 Å². The Hall–Kier alpha value is -3.52. The third-order valence-corrected chi connectivity index (χ3v) is 5.61. The summed E-state index contributed by atoms with van der Waals surface area (Å²) in [5.74, 6) is 0.725. The number of halogens is 1. The number of fused-ring (bicyclic) bond motifs is 1. The molecule has 0 saturated heterocycles. The third kappa shape index (κ3) is 5.03. The quantitative estimate of drug-likeness (QED) is 0.359. The van der Waals surface area contributed by atoms with Gasteiger partial charge in [-0.05, 0) is 42.8 Å². The molecule has 0 unspecified atom stereocenters. The highest BCUT2D eigenvalue weighted by atomic mass is 32.1. The molecule has 4 aromatic rings. The Morgan fingerprint density at radius 3 is 2.72 bits per heavy atom. The average Bonchev–Trinajstić information content (AvgIpc) is 3.25. The highest BCUT2D eigenvalue weighted by molar-refractivity contribution is 7.17. The van der Waals surface area contributed by atoms with Crippen molar-refractivity contribution >= 4 is 27.5 Å². The first kappa shape index (κ1) is 21.7. The lowest BCUT2D eigenvalue weighted by molar-refractivity contribution is 0.0955. The Morgan fingerprint density at radius 2 is 1.91 bits per heavy atom. The zero-order chi connectivity index (χ0) is 22.3. The zero-order valence-electron chi connectivity index (χ0n) is 17.5. The van der Waals surface area contributed by atoms with Crippen LogP contribution in [0, 0.1) is 5.82 Å². The molecule has 0 aliphatic rings. The molecule has 164 valence electrons. The molecule has 0 fully saturated rings. The molecule has 4 rings (SSSR count). The van der Waals surface area contributed by atoms with Crippen molar-refractivity contribution in [2.45, 2.75) is 13.3 Å².